The minimum Gasteiger partial charge on any atom is -0.369 e. The molecule has 3 N–H and O–H groups in total. The first-order valence-electron chi connectivity index (χ1n) is 8.45. The van der Waals surface area contributed by atoms with E-state index >= 15 is 0 Å². The third kappa shape index (κ3) is 3.04. The van der Waals surface area contributed by atoms with Gasteiger partial charge in [0.1, 0.15) is 5.41 Å². The zero-order valence-electron chi connectivity index (χ0n) is 13.5. The van der Waals surface area contributed by atoms with Gasteiger partial charge in [0, 0.05) is 0 Å². The molecule has 1 amide bonds. The highest BCUT2D eigenvalue weighted by Gasteiger charge is 2.61. The number of halogens is 3. The second kappa shape index (κ2) is 6.39. The first kappa shape index (κ1) is 17.3. The molecule has 3 nitrogen and oxygen atoms in total. The Kier molecular flexibility index (Phi) is 4.60. The minimum atomic E-state index is -4.65. The molecule has 4 atom stereocenters. The average Bonchev–Trinajstić information content (AvgIpc) is 3.11. The van der Waals surface area contributed by atoms with Crippen molar-refractivity contribution in [2.75, 3.05) is 13.1 Å². The van der Waals surface area contributed by atoms with Crippen molar-refractivity contribution in [2.45, 2.75) is 31.9 Å². The van der Waals surface area contributed by atoms with Crippen molar-refractivity contribution in [3.05, 3.63) is 35.9 Å². The van der Waals surface area contributed by atoms with Crippen LogP contribution in [0.15, 0.2) is 30.3 Å². The average molecular weight is 340 g/mol. The van der Waals surface area contributed by atoms with E-state index in [4.69, 9.17) is 5.73 Å². The monoisotopic (exact) mass is 340 g/mol. The minimum absolute atomic E-state index is 0.108. The summed E-state index contributed by atoms with van der Waals surface area (Å²) in [4.78, 5) is 12.0. The van der Waals surface area contributed by atoms with Gasteiger partial charge >= 0.3 is 6.18 Å². The Morgan fingerprint density at radius 2 is 1.88 bits per heavy atom. The van der Waals surface area contributed by atoms with E-state index in [9.17, 15) is 18.0 Å². The fraction of sp³-hybridized carbons (Fsp3) is 0.611. The van der Waals surface area contributed by atoms with Gasteiger partial charge < -0.3 is 11.1 Å². The van der Waals surface area contributed by atoms with Crippen molar-refractivity contribution in [1.29, 1.82) is 0 Å². The first-order valence-corrected chi connectivity index (χ1v) is 8.45. The van der Waals surface area contributed by atoms with Crippen molar-refractivity contribution in [3.63, 3.8) is 0 Å². The molecular weight excluding hydrogens is 317 g/mol. The number of primary amides is 1. The van der Waals surface area contributed by atoms with Crippen molar-refractivity contribution in [3.8, 4) is 0 Å². The largest absolute Gasteiger partial charge is 0.403 e. The predicted molar refractivity (Wildman–Crippen MR) is 85.0 cm³/mol. The van der Waals surface area contributed by atoms with Crippen LogP contribution >= 0.6 is 0 Å². The van der Waals surface area contributed by atoms with Gasteiger partial charge in [-0.2, -0.15) is 13.2 Å². The molecule has 2 aliphatic rings. The summed E-state index contributed by atoms with van der Waals surface area (Å²) >= 11 is 0. The summed E-state index contributed by atoms with van der Waals surface area (Å²) in [5, 5.41) is 3.26. The molecule has 1 saturated heterocycles. The van der Waals surface area contributed by atoms with E-state index in [1.54, 1.807) is 30.3 Å². The lowest BCUT2D eigenvalue weighted by Crippen LogP contribution is -2.52. The van der Waals surface area contributed by atoms with E-state index in [0.29, 0.717) is 11.5 Å². The summed E-state index contributed by atoms with van der Waals surface area (Å²) in [5.41, 5.74) is 3.35. The molecule has 132 valence electrons. The van der Waals surface area contributed by atoms with Crippen LogP contribution in [0.2, 0.25) is 0 Å². The second-order valence-corrected chi connectivity index (χ2v) is 7.23. The summed E-state index contributed by atoms with van der Waals surface area (Å²) in [6.45, 7) is 1.61. The number of nitrogens with one attached hydrogen (secondary N) is 1. The quantitative estimate of drug-likeness (QED) is 0.866. The number of alkyl halides is 3. The number of rotatable bonds is 5. The molecule has 1 aromatic rings. The van der Waals surface area contributed by atoms with Crippen LogP contribution in [-0.2, 0) is 11.2 Å². The molecule has 1 aromatic carbocycles. The Balaban J connectivity index is 1.90. The standard InChI is InChI=1S/C18H23F3N2O/c19-18(20,21)17(16(22)24,8-12-4-2-1-3-5-12)9-13-6-7-14-10-23-11-15(13)14/h1-5,13-15,23H,6-11H2,(H2,22,24). The fourth-order valence-electron chi connectivity index (χ4n) is 4.52. The van der Waals surface area contributed by atoms with E-state index in [-0.39, 0.29) is 24.7 Å². The molecule has 1 aliphatic carbocycles. The van der Waals surface area contributed by atoms with Gasteiger partial charge in [-0.05, 0) is 62.1 Å². The predicted octanol–water partition coefficient (Wildman–Crippen LogP) is 2.90. The molecule has 0 spiro atoms. The molecule has 2 fully saturated rings. The summed E-state index contributed by atoms with van der Waals surface area (Å²) in [6.07, 6.45) is -3.56. The summed E-state index contributed by atoms with van der Waals surface area (Å²) in [5.74, 6) is -0.705. The molecule has 1 heterocycles. The van der Waals surface area contributed by atoms with Gasteiger partial charge in [-0.25, -0.2) is 0 Å². The molecule has 6 heteroatoms. The van der Waals surface area contributed by atoms with Crippen LogP contribution < -0.4 is 11.1 Å². The summed E-state index contributed by atoms with van der Waals surface area (Å²) in [6, 6.07) is 8.36. The molecule has 1 aliphatic heterocycles. The van der Waals surface area contributed by atoms with Gasteiger partial charge in [0.2, 0.25) is 5.91 Å². The van der Waals surface area contributed by atoms with Gasteiger partial charge in [0.05, 0.1) is 0 Å². The molecule has 0 bridgehead atoms. The number of carbonyl (C=O) groups excluding carboxylic acids is 1. The Hall–Kier alpha value is -1.56. The molecule has 0 aromatic heterocycles. The van der Waals surface area contributed by atoms with Crippen LogP contribution in [0.5, 0.6) is 0 Å². The van der Waals surface area contributed by atoms with E-state index in [1.807, 2.05) is 0 Å². The van der Waals surface area contributed by atoms with Gasteiger partial charge in [0.25, 0.3) is 0 Å². The lowest BCUT2D eigenvalue weighted by atomic mass is 9.71. The van der Waals surface area contributed by atoms with Crippen LogP contribution in [-0.4, -0.2) is 25.2 Å². The number of nitrogens with two attached hydrogens (primary N) is 1. The molecule has 24 heavy (non-hydrogen) atoms. The highest BCUT2D eigenvalue weighted by Crippen LogP contribution is 2.51. The van der Waals surface area contributed by atoms with Gasteiger partial charge in [-0.3, -0.25) is 4.79 Å². The maximum Gasteiger partial charge on any atom is 0.403 e. The number of benzene rings is 1. The van der Waals surface area contributed by atoms with Crippen LogP contribution in [0.25, 0.3) is 0 Å². The molecule has 3 rings (SSSR count). The zero-order chi connectivity index (χ0) is 17.4. The normalized spacial score (nSPS) is 29.2. The van der Waals surface area contributed by atoms with Crippen molar-refractivity contribution >= 4 is 5.91 Å². The third-order valence-electron chi connectivity index (χ3n) is 5.88. The number of carbonyl (C=O) groups is 1. The molecular formula is C18H23F3N2O. The Morgan fingerprint density at radius 3 is 2.50 bits per heavy atom. The van der Waals surface area contributed by atoms with E-state index < -0.39 is 17.5 Å². The number of fused-ring (bicyclic) bond motifs is 1. The SMILES string of the molecule is NC(=O)C(Cc1ccccc1)(CC1CCC2CNCC21)C(F)(F)F. The summed E-state index contributed by atoms with van der Waals surface area (Å²) in [7, 11) is 0. The van der Waals surface area contributed by atoms with E-state index in [1.165, 1.54) is 0 Å². The number of hydrogen-bond acceptors (Lipinski definition) is 2. The number of hydrogen-bond donors (Lipinski definition) is 2. The van der Waals surface area contributed by atoms with Gasteiger partial charge in [-0.1, -0.05) is 30.3 Å². The molecule has 1 saturated carbocycles. The second-order valence-electron chi connectivity index (χ2n) is 7.23. The van der Waals surface area contributed by atoms with Crippen LogP contribution in [0.4, 0.5) is 13.2 Å². The third-order valence-corrected chi connectivity index (χ3v) is 5.88. The fourth-order valence-corrected chi connectivity index (χ4v) is 4.52. The van der Waals surface area contributed by atoms with Crippen LogP contribution in [0, 0.1) is 23.2 Å². The topological polar surface area (TPSA) is 55.1 Å². The lowest BCUT2D eigenvalue weighted by molar-refractivity contribution is -0.226. The first-order chi connectivity index (χ1) is 11.3. The van der Waals surface area contributed by atoms with Crippen molar-refractivity contribution in [1.82, 2.24) is 5.32 Å². The zero-order valence-corrected chi connectivity index (χ0v) is 13.5. The van der Waals surface area contributed by atoms with Crippen molar-refractivity contribution in [2.24, 2.45) is 28.9 Å². The Labute approximate surface area is 139 Å². The van der Waals surface area contributed by atoms with Gasteiger partial charge in [-0.15, -0.1) is 0 Å². The smallest absolute Gasteiger partial charge is 0.369 e. The number of amides is 1. The van der Waals surface area contributed by atoms with E-state index in [0.717, 1.165) is 25.9 Å². The maximum absolute atomic E-state index is 14.0. The Bertz CT molecular complexity index is 590. The summed E-state index contributed by atoms with van der Waals surface area (Å²) < 4.78 is 42.0. The Morgan fingerprint density at radius 1 is 1.17 bits per heavy atom. The van der Waals surface area contributed by atoms with Crippen LogP contribution in [0.3, 0.4) is 0 Å². The van der Waals surface area contributed by atoms with E-state index in [2.05, 4.69) is 5.32 Å². The maximum atomic E-state index is 14.0. The molecule has 4 unspecified atom stereocenters. The molecule has 0 radical (unpaired) electrons. The lowest BCUT2D eigenvalue weighted by Gasteiger charge is -2.36. The van der Waals surface area contributed by atoms with Gasteiger partial charge in [0.15, 0.2) is 0 Å². The highest BCUT2D eigenvalue weighted by atomic mass is 19.4. The van der Waals surface area contributed by atoms with Crippen LogP contribution in [0.1, 0.15) is 24.8 Å². The highest BCUT2D eigenvalue weighted by molar-refractivity contribution is 5.82. The van der Waals surface area contributed by atoms with Crippen molar-refractivity contribution < 1.29 is 18.0 Å².